The fraction of sp³-hybridized carbons (Fsp3) is 0.769. The monoisotopic (exact) mass is 270 g/mol. The molecule has 0 heterocycles. The second-order valence-corrected chi connectivity index (χ2v) is 5.17. The van der Waals surface area contributed by atoms with Crippen molar-refractivity contribution in [2.45, 2.75) is 57.4 Å². The number of aliphatic carboxylic acids is 1. The molecule has 1 fully saturated rings. The summed E-state index contributed by atoms with van der Waals surface area (Å²) in [4.78, 5) is 33.2. The van der Waals surface area contributed by atoms with Gasteiger partial charge in [0.25, 0.3) is 0 Å². The molecule has 0 bridgehead atoms. The summed E-state index contributed by atoms with van der Waals surface area (Å²) < 4.78 is 0. The van der Waals surface area contributed by atoms with Crippen LogP contribution in [0.2, 0.25) is 0 Å². The van der Waals surface area contributed by atoms with Crippen LogP contribution in [0, 0.1) is 5.92 Å². The largest absolute Gasteiger partial charge is 0.480 e. The Morgan fingerprint density at radius 2 is 1.84 bits per heavy atom. The van der Waals surface area contributed by atoms with Crippen LogP contribution >= 0.6 is 0 Å². The Morgan fingerprint density at radius 3 is 2.37 bits per heavy atom. The standard InChI is InChI=1S/C13H22N2O4/c14-11(16)8-10(13(18)19)15-12(17)7-6-9-4-2-1-3-5-9/h9-10H,1-8H2,(H2,14,16)(H,15,17)(H,18,19)/t10-/m0/s1. The molecule has 1 aliphatic rings. The fourth-order valence-corrected chi connectivity index (χ4v) is 2.48. The summed E-state index contributed by atoms with van der Waals surface area (Å²) in [5, 5.41) is 11.2. The highest BCUT2D eigenvalue weighted by Gasteiger charge is 2.22. The van der Waals surface area contributed by atoms with E-state index in [0.717, 1.165) is 19.3 Å². The average molecular weight is 270 g/mol. The topological polar surface area (TPSA) is 109 Å². The lowest BCUT2D eigenvalue weighted by Crippen LogP contribution is -2.43. The molecule has 4 N–H and O–H groups in total. The van der Waals surface area contributed by atoms with Gasteiger partial charge in [-0.15, -0.1) is 0 Å². The molecule has 1 rings (SSSR count). The maximum Gasteiger partial charge on any atom is 0.326 e. The number of hydrogen-bond acceptors (Lipinski definition) is 3. The van der Waals surface area contributed by atoms with Crippen LogP contribution in [0.25, 0.3) is 0 Å². The normalized spacial score (nSPS) is 17.7. The number of hydrogen-bond donors (Lipinski definition) is 3. The van der Waals surface area contributed by atoms with Gasteiger partial charge in [0.05, 0.1) is 6.42 Å². The van der Waals surface area contributed by atoms with Gasteiger partial charge >= 0.3 is 5.97 Å². The van der Waals surface area contributed by atoms with Crippen LogP contribution in [0.5, 0.6) is 0 Å². The smallest absolute Gasteiger partial charge is 0.326 e. The number of nitrogens with two attached hydrogens (primary N) is 1. The van der Waals surface area contributed by atoms with Crippen molar-refractivity contribution in [3.8, 4) is 0 Å². The van der Waals surface area contributed by atoms with Crippen molar-refractivity contribution >= 4 is 17.8 Å². The zero-order valence-electron chi connectivity index (χ0n) is 11.1. The van der Waals surface area contributed by atoms with Gasteiger partial charge in [-0.3, -0.25) is 9.59 Å². The molecule has 0 unspecified atom stereocenters. The molecule has 1 atom stereocenters. The first kappa shape index (κ1) is 15.5. The molecular formula is C13H22N2O4. The summed E-state index contributed by atoms with van der Waals surface area (Å²) in [6.45, 7) is 0. The van der Waals surface area contributed by atoms with Gasteiger partial charge in [0.15, 0.2) is 0 Å². The summed E-state index contributed by atoms with van der Waals surface area (Å²) in [6, 6.07) is -1.21. The van der Waals surface area contributed by atoms with Crippen molar-refractivity contribution in [1.82, 2.24) is 5.32 Å². The summed E-state index contributed by atoms with van der Waals surface area (Å²) in [5.74, 6) is -1.72. The van der Waals surface area contributed by atoms with Crippen LogP contribution in [0.3, 0.4) is 0 Å². The van der Waals surface area contributed by atoms with Crippen molar-refractivity contribution in [3.05, 3.63) is 0 Å². The fourth-order valence-electron chi connectivity index (χ4n) is 2.48. The summed E-state index contributed by atoms with van der Waals surface area (Å²) in [7, 11) is 0. The van der Waals surface area contributed by atoms with Crippen molar-refractivity contribution in [3.63, 3.8) is 0 Å². The van der Waals surface area contributed by atoms with Crippen LogP contribution in [0.1, 0.15) is 51.4 Å². The summed E-state index contributed by atoms with van der Waals surface area (Å²) >= 11 is 0. The highest BCUT2D eigenvalue weighted by Crippen LogP contribution is 2.27. The van der Waals surface area contributed by atoms with Crippen LogP contribution in [0.15, 0.2) is 0 Å². The molecule has 0 aromatic heterocycles. The summed E-state index contributed by atoms with van der Waals surface area (Å²) in [5.41, 5.74) is 4.94. The third-order valence-corrected chi connectivity index (χ3v) is 3.54. The molecule has 108 valence electrons. The number of carboxylic acid groups (broad SMARTS) is 1. The average Bonchev–Trinajstić information content (AvgIpc) is 2.36. The number of carbonyl (C=O) groups is 3. The molecular weight excluding hydrogens is 248 g/mol. The van der Waals surface area contributed by atoms with Crippen molar-refractivity contribution < 1.29 is 19.5 Å². The van der Waals surface area contributed by atoms with Gasteiger partial charge in [-0.05, 0) is 12.3 Å². The number of carboxylic acids is 1. The Bertz CT molecular complexity index is 338. The molecule has 0 aromatic rings. The van der Waals surface area contributed by atoms with Crippen LogP contribution < -0.4 is 11.1 Å². The van der Waals surface area contributed by atoms with E-state index in [1.165, 1.54) is 19.3 Å². The van der Waals surface area contributed by atoms with E-state index >= 15 is 0 Å². The molecule has 0 saturated heterocycles. The number of carbonyl (C=O) groups excluding carboxylic acids is 2. The highest BCUT2D eigenvalue weighted by atomic mass is 16.4. The van der Waals surface area contributed by atoms with E-state index in [0.29, 0.717) is 12.3 Å². The van der Waals surface area contributed by atoms with Crippen LogP contribution in [-0.4, -0.2) is 28.9 Å². The lowest BCUT2D eigenvalue weighted by molar-refractivity contribution is -0.143. The maximum atomic E-state index is 11.7. The zero-order chi connectivity index (χ0) is 14.3. The first-order valence-corrected chi connectivity index (χ1v) is 6.79. The summed E-state index contributed by atoms with van der Waals surface area (Å²) in [6.07, 6.45) is 6.72. The number of primary amides is 1. The van der Waals surface area contributed by atoms with E-state index in [4.69, 9.17) is 10.8 Å². The second kappa shape index (κ2) is 7.76. The Hall–Kier alpha value is -1.59. The predicted molar refractivity (Wildman–Crippen MR) is 69.2 cm³/mol. The quantitative estimate of drug-likeness (QED) is 0.635. The van der Waals surface area contributed by atoms with Gasteiger partial charge < -0.3 is 16.2 Å². The molecule has 0 aromatic carbocycles. The van der Waals surface area contributed by atoms with Gasteiger partial charge in [0.2, 0.25) is 11.8 Å². The van der Waals surface area contributed by atoms with E-state index in [1.807, 2.05) is 0 Å². The Balaban J connectivity index is 2.31. The van der Waals surface area contributed by atoms with E-state index in [-0.39, 0.29) is 12.3 Å². The first-order valence-electron chi connectivity index (χ1n) is 6.79. The Labute approximate surface area is 112 Å². The molecule has 2 amide bonds. The van der Waals surface area contributed by atoms with E-state index in [9.17, 15) is 14.4 Å². The van der Waals surface area contributed by atoms with Gasteiger partial charge in [0, 0.05) is 6.42 Å². The van der Waals surface area contributed by atoms with Gasteiger partial charge in [-0.2, -0.15) is 0 Å². The van der Waals surface area contributed by atoms with Gasteiger partial charge in [0.1, 0.15) is 6.04 Å². The molecule has 6 nitrogen and oxygen atoms in total. The van der Waals surface area contributed by atoms with Gasteiger partial charge in [-0.1, -0.05) is 32.1 Å². The van der Waals surface area contributed by atoms with E-state index < -0.39 is 17.9 Å². The molecule has 1 aliphatic carbocycles. The minimum atomic E-state index is -1.23. The Kier molecular flexibility index (Phi) is 6.32. The molecule has 1 saturated carbocycles. The molecule has 0 radical (unpaired) electrons. The van der Waals surface area contributed by atoms with E-state index in [1.54, 1.807) is 0 Å². The number of amides is 2. The van der Waals surface area contributed by atoms with Gasteiger partial charge in [-0.25, -0.2) is 4.79 Å². The van der Waals surface area contributed by atoms with Crippen LogP contribution in [-0.2, 0) is 14.4 Å². The molecule has 6 heteroatoms. The second-order valence-electron chi connectivity index (χ2n) is 5.17. The minimum Gasteiger partial charge on any atom is -0.480 e. The predicted octanol–water partition coefficient (Wildman–Crippen LogP) is 0.792. The Morgan fingerprint density at radius 1 is 1.21 bits per heavy atom. The molecule has 0 aliphatic heterocycles. The van der Waals surface area contributed by atoms with Crippen molar-refractivity contribution in [2.75, 3.05) is 0 Å². The molecule has 0 spiro atoms. The molecule has 19 heavy (non-hydrogen) atoms. The maximum absolute atomic E-state index is 11.7. The lowest BCUT2D eigenvalue weighted by Gasteiger charge is -2.21. The number of rotatable bonds is 7. The van der Waals surface area contributed by atoms with Crippen molar-refractivity contribution in [1.29, 1.82) is 0 Å². The number of nitrogens with one attached hydrogen (secondary N) is 1. The SMILES string of the molecule is NC(=O)C[C@H](NC(=O)CCC1CCCCC1)C(=O)O. The van der Waals surface area contributed by atoms with Crippen LogP contribution in [0.4, 0.5) is 0 Å². The lowest BCUT2D eigenvalue weighted by atomic mass is 9.86. The minimum absolute atomic E-state index is 0.313. The highest BCUT2D eigenvalue weighted by molar-refractivity contribution is 5.88. The third-order valence-electron chi connectivity index (χ3n) is 3.54. The third kappa shape index (κ3) is 6.22. The zero-order valence-corrected chi connectivity index (χ0v) is 11.1. The van der Waals surface area contributed by atoms with Crippen molar-refractivity contribution in [2.24, 2.45) is 11.7 Å². The first-order chi connectivity index (χ1) is 8.99. The van der Waals surface area contributed by atoms with E-state index in [2.05, 4.69) is 5.32 Å².